The van der Waals surface area contributed by atoms with E-state index in [2.05, 4.69) is 4.57 Å². The second-order valence-corrected chi connectivity index (χ2v) is 10.8. The summed E-state index contributed by atoms with van der Waals surface area (Å²) in [7, 11) is -3.25. The molecular weight excluding hydrogens is 425 g/mol. The number of rotatable bonds is 4. The van der Waals surface area contributed by atoms with Crippen molar-refractivity contribution in [3.63, 3.8) is 0 Å². The van der Waals surface area contributed by atoms with Gasteiger partial charge < -0.3 is 9.30 Å². The lowest BCUT2D eigenvalue weighted by atomic mass is 9.88. The number of hydrogen-bond acceptors (Lipinski definition) is 4. The van der Waals surface area contributed by atoms with Crippen LogP contribution in [0.2, 0.25) is 8.67 Å². The molecule has 2 aromatic heterocycles. The van der Waals surface area contributed by atoms with Crippen molar-refractivity contribution in [2.45, 2.75) is 29.9 Å². The Labute approximate surface area is 172 Å². The Balaban J connectivity index is 1.73. The predicted molar refractivity (Wildman–Crippen MR) is 109 cm³/mol. The number of nitrogens with zero attached hydrogens (tertiary/aromatic N) is 1. The molecule has 0 saturated carbocycles. The highest BCUT2D eigenvalue weighted by molar-refractivity contribution is 7.90. The summed E-state index contributed by atoms with van der Waals surface area (Å²) in [5.74, 6) is 0.593. The minimum atomic E-state index is -3.25. The van der Waals surface area contributed by atoms with Crippen molar-refractivity contribution in [1.29, 1.82) is 0 Å². The van der Waals surface area contributed by atoms with Gasteiger partial charge in [0.2, 0.25) is 0 Å². The number of fused-ring (bicyclic) bond motifs is 1. The van der Waals surface area contributed by atoms with Crippen LogP contribution in [0.15, 0.2) is 53.7 Å². The Hall–Kier alpha value is -1.47. The number of benzene rings is 1. The van der Waals surface area contributed by atoms with E-state index in [1.54, 1.807) is 24.3 Å². The third-order valence-electron chi connectivity index (χ3n) is 4.80. The summed E-state index contributed by atoms with van der Waals surface area (Å²) >= 11 is 14.2. The minimum Gasteiger partial charge on any atom is -0.483 e. The largest absolute Gasteiger partial charge is 0.483 e. The molecule has 142 valence electrons. The third-order valence-corrected chi connectivity index (χ3v) is 7.65. The van der Waals surface area contributed by atoms with Gasteiger partial charge in [-0.3, -0.25) is 0 Å². The second-order valence-electron chi connectivity index (χ2n) is 6.56. The molecule has 0 bridgehead atoms. The van der Waals surface area contributed by atoms with E-state index in [1.807, 2.05) is 24.5 Å². The molecule has 0 N–H and O–H groups in total. The fourth-order valence-electron chi connectivity index (χ4n) is 3.50. The van der Waals surface area contributed by atoms with E-state index in [-0.39, 0.29) is 17.0 Å². The smallest absolute Gasteiger partial charge is 0.175 e. The Morgan fingerprint density at radius 3 is 2.41 bits per heavy atom. The van der Waals surface area contributed by atoms with Crippen LogP contribution in [0.5, 0.6) is 5.75 Å². The van der Waals surface area contributed by atoms with E-state index in [4.69, 9.17) is 27.9 Å². The maximum absolute atomic E-state index is 11.7. The molecule has 0 saturated heterocycles. The predicted octanol–water partition coefficient (Wildman–Crippen LogP) is 5.57. The molecule has 0 radical (unpaired) electrons. The Morgan fingerprint density at radius 1 is 1.11 bits per heavy atom. The third kappa shape index (κ3) is 3.63. The van der Waals surface area contributed by atoms with E-state index in [9.17, 15) is 8.42 Å². The van der Waals surface area contributed by atoms with Crippen LogP contribution in [0.4, 0.5) is 0 Å². The Kier molecular flexibility index (Phi) is 5.01. The van der Waals surface area contributed by atoms with Gasteiger partial charge in [0.15, 0.2) is 9.84 Å². The summed E-state index contributed by atoms with van der Waals surface area (Å²) < 4.78 is 33.2. The van der Waals surface area contributed by atoms with Gasteiger partial charge in [0.25, 0.3) is 0 Å². The van der Waals surface area contributed by atoms with Gasteiger partial charge in [0.05, 0.1) is 15.3 Å². The number of hydrogen-bond donors (Lipinski definition) is 0. The van der Waals surface area contributed by atoms with Crippen LogP contribution in [0.1, 0.15) is 29.7 Å². The molecule has 1 aliphatic carbocycles. The summed E-state index contributed by atoms with van der Waals surface area (Å²) in [5.41, 5.74) is 1.98. The lowest BCUT2D eigenvalue weighted by molar-refractivity contribution is 0.124. The van der Waals surface area contributed by atoms with E-state index in [0.717, 1.165) is 24.0 Å². The first-order chi connectivity index (χ1) is 12.8. The van der Waals surface area contributed by atoms with Crippen molar-refractivity contribution < 1.29 is 13.2 Å². The van der Waals surface area contributed by atoms with E-state index < -0.39 is 9.84 Å². The maximum atomic E-state index is 11.7. The first kappa shape index (κ1) is 18.9. The molecule has 0 spiro atoms. The highest BCUT2D eigenvalue weighted by Gasteiger charge is 2.36. The molecule has 2 unspecified atom stereocenters. The van der Waals surface area contributed by atoms with Crippen molar-refractivity contribution in [1.82, 2.24) is 4.57 Å². The van der Waals surface area contributed by atoms with Gasteiger partial charge in [-0.2, -0.15) is 0 Å². The minimum absolute atomic E-state index is 0.0743. The van der Waals surface area contributed by atoms with Gasteiger partial charge >= 0.3 is 0 Å². The van der Waals surface area contributed by atoms with Crippen molar-refractivity contribution in [2.75, 3.05) is 6.26 Å². The highest BCUT2D eigenvalue weighted by Crippen LogP contribution is 2.49. The Morgan fingerprint density at radius 2 is 1.78 bits per heavy atom. The van der Waals surface area contributed by atoms with Gasteiger partial charge in [0.1, 0.15) is 16.2 Å². The topological polar surface area (TPSA) is 48.3 Å². The number of sulfone groups is 1. The zero-order chi connectivity index (χ0) is 19.2. The van der Waals surface area contributed by atoms with Crippen LogP contribution in [-0.2, 0) is 16.3 Å². The van der Waals surface area contributed by atoms with E-state index >= 15 is 0 Å². The molecule has 0 amide bonds. The van der Waals surface area contributed by atoms with Crippen molar-refractivity contribution >= 4 is 44.4 Å². The van der Waals surface area contributed by atoms with Crippen molar-refractivity contribution in [3.05, 3.63) is 68.6 Å². The van der Waals surface area contributed by atoms with Crippen LogP contribution >= 0.6 is 34.5 Å². The van der Waals surface area contributed by atoms with Gasteiger partial charge in [-0.1, -0.05) is 23.2 Å². The van der Waals surface area contributed by atoms with Crippen LogP contribution in [-0.4, -0.2) is 19.2 Å². The zero-order valence-electron chi connectivity index (χ0n) is 14.4. The van der Waals surface area contributed by atoms with Crippen LogP contribution in [0, 0.1) is 0 Å². The molecule has 4 nitrogen and oxygen atoms in total. The van der Waals surface area contributed by atoms with Crippen molar-refractivity contribution in [2.24, 2.45) is 0 Å². The Bertz CT molecular complexity index is 1060. The fourth-order valence-corrected chi connectivity index (χ4v) is 5.97. The summed E-state index contributed by atoms with van der Waals surface area (Å²) in [6.07, 6.45) is 6.63. The van der Waals surface area contributed by atoms with Crippen LogP contribution in [0.3, 0.4) is 0 Å². The molecule has 27 heavy (non-hydrogen) atoms. The second kappa shape index (κ2) is 7.17. The molecule has 8 heteroatoms. The van der Waals surface area contributed by atoms with Gasteiger partial charge in [-0.15, -0.1) is 11.3 Å². The zero-order valence-corrected chi connectivity index (χ0v) is 17.6. The van der Waals surface area contributed by atoms with E-state index in [1.165, 1.54) is 17.6 Å². The summed E-state index contributed by atoms with van der Waals surface area (Å²) in [6.45, 7) is 0. The highest BCUT2D eigenvalue weighted by atomic mass is 35.5. The van der Waals surface area contributed by atoms with Gasteiger partial charge in [0, 0.05) is 24.2 Å². The average molecular weight is 442 g/mol. The summed E-state index contributed by atoms with van der Waals surface area (Å²) in [5, 5.41) is 0. The SMILES string of the molecule is CS(=O)(=O)c1ccc(OC2c3c(Cl)sc(Cl)c3CCC2n2cccc2)cc1. The van der Waals surface area contributed by atoms with E-state index in [0.29, 0.717) is 14.4 Å². The lowest BCUT2D eigenvalue weighted by Gasteiger charge is -2.33. The molecule has 1 aromatic carbocycles. The number of thiophene rings is 1. The first-order valence-electron chi connectivity index (χ1n) is 8.40. The number of halogens is 2. The van der Waals surface area contributed by atoms with Crippen LogP contribution < -0.4 is 4.74 Å². The normalized spacial score (nSPS) is 19.7. The monoisotopic (exact) mass is 441 g/mol. The van der Waals surface area contributed by atoms with Gasteiger partial charge in [-0.25, -0.2) is 8.42 Å². The number of ether oxygens (including phenoxy) is 1. The molecule has 2 atom stereocenters. The molecule has 0 aliphatic heterocycles. The summed E-state index contributed by atoms with van der Waals surface area (Å²) in [4.78, 5) is 0.262. The molecule has 4 rings (SSSR count). The summed E-state index contributed by atoms with van der Waals surface area (Å²) in [6, 6.07) is 10.5. The van der Waals surface area contributed by atoms with Crippen LogP contribution in [0.25, 0.3) is 0 Å². The first-order valence-corrected chi connectivity index (χ1v) is 11.9. The average Bonchev–Trinajstić information content (AvgIpc) is 3.24. The quantitative estimate of drug-likeness (QED) is 0.531. The maximum Gasteiger partial charge on any atom is 0.175 e. The fraction of sp³-hybridized carbons (Fsp3) is 0.263. The lowest BCUT2D eigenvalue weighted by Crippen LogP contribution is -2.27. The molecule has 0 fully saturated rings. The molecule has 1 aliphatic rings. The van der Waals surface area contributed by atoms with Crippen molar-refractivity contribution in [3.8, 4) is 5.75 Å². The molecular formula is C19H17Cl2NO3S2. The van der Waals surface area contributed by atoms with Gasteiger partial charge in [-0.05, 0) is 54.8 Å². The molecule has 3 aromatic rings. The number of aromatic nitrogens is 1. The molecule has 2 heterocycles. The standard InChI is InChI=1S/C19H17Cl2NO3S2/c1-27(23,24)13-6-4-12(5-7-13)25-17-15(22-10-2-3-11-22)9-8-14-16(17)19(21)26-18(14)20/h2-7,10-11,15,17H,8-9H2,1H3.